The number of halogens is 1. The van der Waals surface area contributed by atoms with Crippen LogP contribution in [0.5, 0.6) is 5.75 Å². The van der Waals surface area contributed by atoms with Crippen LogP contribution in [0.2, 0.25) is 0 Å². The molecule has 1 aliphatic rings. The summed E-state index contributed by atoms with van der Waals surface area (Å²) in [5, 5.41) is 3.21. The lowest BCUT2D eigenvalue weighted by atomic mass is 10.2. The Hall–Kier alpha value is -1.27. The van der Waals surface area contributed by atoms with Gasteiger partial charge in [0, 0.05) is 29.3 Å². The van der Waals surface area contributed by atoms with E-state index in [-0.39, 0.29) is 11.9 Å². The van der Waals surface area contributed by atoms with Crippen molar-refractivity contribution < 1.29 is 14.3 Å². The third-order valence-corrected chi connectivity index (χ3v) is 3.64. The van der Waals surface area contributed by atoms with Crippen molar-refractivity contribution in [3.05, 3.63) is 22.7 Å². The van der Waals surface area contributed by atoms with Gasteiger partial charge in [-0.25, -0.2) is 0 Å². The Morgan fingerprint density at radius 3 is 2.75 bits per heavy atom. The molecule has 1 amide bonds. The van der Waals surface area contributed by atoms with Crippen molar-refractivity contribution in [2.45, 2.75) is 13.0 Å². The Balaban J connectivity index is 2.01. The first-order chi connectivity index (χ1) is 9.60. The van der Waals surface area contributed by atoms with Crippen LogP contribution in [0, 0.1) is 0 Å². The Morgan fingerprint density at radius 2 is 2.10 bits per heavy atom. The van der Waals surface area contributed by atoms with Gasteiger partial charge in [-0.15, -0.1) is 0 Å². The number of rotatable bonds is 4. The largest absolute Gasteiger partial charge is 0.497 e. The van der Waals surface area contributed by atoms with Crippen molar-refractivity contribution in [1.29, 1.82) is 0 Å². The van der Waals surface area contributed by atoms with Crippen LogP contribution in [0.15, 0.2) is 22.7 Å². The predicted molar refractivity (Wildman–Crippen MR) is 81.2 cm³/mol. The number of nitrogens with zero attached hydrogens (tertiary/aromatic N) is 1. The maximum Gasteiger partial charge on any atom is 0.244 e. The van der Waals surface area contributed by atoms with E-state index in [1.54, 1.807) is 7.11 Å². The van der Waals surface area contributed by atoms with Crippen LogP contribution in [-0.4, -0.2) is 50.3 Å². The zero-order chi connectivity index (χ0) is 14.5. The fraction of sp³-hybridized carbons (Fsp3) is 0.500. The van der Waals surface area contributed by atoms with E-state index in [1.807, 2.05) is 30.0 Å². The summed E-state index contributed by atoms with van der Waals surface area (Å²) in [7, 11) is 1.62. The van der Waals surface area contributed by atoms with E-state index >= 15 is 0 Å². The third kappa shape index (κ3) is 3.86. The van der Waals surface area contributed by atoms with Gasteiger partial charge in [0.25, 0.3) is 0 Å². The molecule has 1 saturated heterocycles. The molecule has 0 bridgehead atoms. The average molecular weight is 343 g/mol. The van der Waals surface area contributed by atoms with Gasteiger partial charge in [0.15, 0.2) is 0 Å². The second kappa shape index (κ2) is 6.95. The van der Waals surface area contributed by atoms with Gasteiger partial charge in [0.1, 0.15) is 11.8 Å². The lowest BCUT2D eigenvalue weighted by molar-refractivity contribution is -0.135. The normalized spacial score (nSPS) is 16.6. The van der Waals surface area contributed by atoms with Gasteiger partial charge in [-0.1, -0.05) is 15.9 Å². The third-order valence-electron chi connectivity index (χ3n) is 3.18. The van der Waals surface area contributed by atoms with Gasteiger partial charge in [0.2, 0.25) is 5.91 Å². The highest BCUT2D eigenvalue weighted by molar-refractivity contribution is 9.10. The van der Waals surface area contributed by atoms with Crippen LogP contribution in [0.1, 0.15) is 6.92 Å². The van der Waals surface area contributed by atoms with E-state index in [9.17, 15) is 4.79 Å². The Morgan fingerprint density at radius 1 is 1.40 bits per heavy atom. The minimum atomic E-state index is -0.285. The number of hydrogen-bond donors (Lipinski definition) is 1. The number of carbonyl (C=O) groups is 1. The second-order valence-corrected chi connectivity index (χ2v) is 5.60. The molecule has 1 aromatic rings. The van der Waals surface area contributed by atoms with Crippen molar-refractivity contribution in [3.63, 3.8) is 0 Å². The molecule has 2 rings (SSSR count). The summed E-state index contributed by atoms with van der Waals surface area (Å²) in [6.07, 6.45) is 0. The van der Waals surface area contributed by atoms with Crippen LogP contribution in [0.3, 0.4) is 0 Å². The summed E-state index contributed by atoms with van der Waals surface area (Å²) in [6.45, 7) is 4.41. The van der Waals surface area contributed by atoms with E-state index in [0.717, 1.165) is 15.9 Å². The molecule has 1 aromatic carbocycles. The minimum absolute atomic E-state index is 0.0900. The molecular formula is C14H19BrN2O3. The Kier molecular flexibility index (Phi) is 5.25. The smallest absolute Gasteiger partial charge is 0.244 e. The number of morpholine rings is 1. The molecule has 110 valence electrons. The monoisotopic (exact) mass is 342 g/mol. The number of ether oxygens (including phenoxy) is 2. The summed E-state index contributed by atoms with van der Waals surface area (Å²) in [6, 6.07) is 5.38. The molecule has 0 aliphatic carbocycles. The van der Waals surface area contributed by atoms with Crippen LogP contribution in [0.25, 0.3) is 0 Å². The van der Waals surface area contributed by atoms with Crippen LogP contribution < -0.4 is 10.1 Å². The first-order valence-corrected chi connectivity index (χ1v) is 7.37. The number of methoxy groups -OCH3 is 1. The van der Waals surface area contributed by atoms with Crippen molar-refractivity contribution in [2.24, 2.45) is 0 Å². The summed E-state index contributed by atoms with van der Waals surface area (Å²) >= 11 is 3.43. The number of anilines is 1. The van der Waals surface area contributed by atoms with Gasteiger partial charge in [-0.2, -0.15) is 0 Å². The molecule has 1 atom stereocenters. The topological polar surface area (TPSA) is 50.8 Å². The summed E-state index contributed by atoms with van der Waals surface area (Å²) < 4.78 is 11.4. The Bertz CT molecular complexity index is 475. The van der Waals surface area contributed by atoms with E-state index in [4.69, 9.17) is 9.47 Å². The molecule has 5 nitrogen and oxygen atoms in total. The van der Waals surface area contributed by atoms with Crippen LogP contribution in [0.4, 0.5) is 5.69 Å². The number of nitrogens with one attached hydrogen (secondary N) is 1. The average Bonchev–Trinajstić information content (AvgIpc) is 2.46. The zero-order valence-corrected chi connectivity index (χ0v) is 13.3. The number of hydrogen-bond acceptors (Lipinski definition) is 4. The molecular weight excluding hydrogens is 324 g/mol. The molecule has 1 fully saturated rings. The molecule has 0 radical (unpaired) electrons. The molecule has 1 aliphatic heterocycles. The second-order valence-electron chi connectivity index (χ2n) is 4.68. The SMILES string of the molecule is COc1cc(Br)cc(NC(C)C(=O)N2CCOCC2)c1. The number of amides is 1. The molecule has 6 heteroatoms. The fourth-order valence-corrected chi connectivity index (χ4v) is 2.61. The van der Waals surface area contributed by atoms with Crippen molar-refractivity contribution in [1.82, 2.24) is 4.90 Å². The fourth-order valence-electron chi connectivity index (χ4n) is 2.13. The van der Waals surface area contributed by atoms with E-state index in [2.05, 4.69) is 21.2 Å². The maximum atomic E-state index is 12.3. The summed E-state index contributed by atoms with van der Waals surface area (Å²) in [4.78, 5) is 14.1. The minimum Gasteiger partial charge on any atom is -0.497 e. The highest BCUT2D eigenvalue weighted by Crippen LogP contribution is 2.25. The van der Waals surface area contributed by atoms with Crippen molar-refractivity contribution >= 4 is 27.5 Å². The lowest BCUT2D eigenvalue weighted by Crippen LogP contribution is -2.46. The van der Waals surface area contributed by atoms with Crippen molar-refractivity contribution in [3.8, 4) is 5.75 Å². The number of benzene rings is 1. The predicted octanol–water partition coefficient (Wildman–Crippen LogP) is 2.12. The molecule has 1 heterocycles. The van der Waals surface area contributed by atoms with Gasteiger partial charge < -0.3 is 19.7 Å². The van der Waals surface area contributed by atoms with Crippen molar-refractivity contribution in [2.75, 3.05) is 38.7 Å². The quantitative estimate of drug-likeness (QED) is 0.910. The van der Waals surface area contributed by atoms with Gasteiger partial charge in [0.05, 0.1) is 20.3 Å². The summed E-state index contributed by atoms with van der Waals surface area (Å²) in [5.41, 5.74) is 0.852. The highest BCUT2D eigenvalue weighted by Gasteiger charge is 2.22. The number of carbonyl (C=O) groups excluding carboxylic acids is 1. The van der Waals surface area contributed by atoms with Crippen LogP contribution in [-0.2, 0) is 9.53 Å². The molecule has 0 spiro atoms. The molecule has 0 saturated carbocycles. The molecule has 0 aromatic heterocycles. The first kappa shape index (κ1) is 15.1. The highest BCUT2D eigenvalue weighted by atomic mass is 79.9. The molecule has 20 heavy (non-hydrogen) atoms. The van der Waals surface area contributed by atoms with E-state index in [0.29, 0.717) is 26.3 Å². The van der Waals surface area contributed by atoms with E-state index < -0.39 is 0 Å². The summed E-state index contributed by atoms with van der Waals surface area (Å²) in [5.74, 6) is 0.833. The molecule has 1 N–H and O–H groups in total. The van der Waals surface area contributed by atoms with E-state index in [1.165, 1.54) is 0 Å². The first-order valence-electron chi connectivity index (χ1n) is 6.58. The van der Waals surface area contributed by atoms with Gasteiger partial charge >= 0.3 is 0 Å². The zero-order valence-electron chi connectivity index (χ0n) is 11.7. The standard InChI is InChI=1S/C14H19BrN2O3/c1-10(14(18)17-3-5-20-6-4-17)16-12-7-11(15)8-13(9-12)19-2/h7-10,16H,3-6H2,1-2H3. The Labute approximate surface area is 127 Å². The lowest BCUT2D eigenvalue weighted by Gasteiger charge is -2.29. The maximum absolute atomic E-state index is 12.3. The van der Waals surface area contributed by atoms with Crippen LogP contribution >= 0.6 is 15.9 Å². The van der Waals surface area contributed by atoms with Gasteiger partial charge in [-0.3, -0.25) is 4.79 Å². The molecule has 1 unspecified atom stereocenters. The van der Waals surface area contributed by atoms with Gasteiger partial charge in [-0.05, 0) is 19.1 Å².